The molecule has 0 spiro atoms. The first-order chi connectivity index (χ1) is 15.5. The highest BCUT2D eigenvalue weighted by molar-refractivity contribution is 6.05. The van der Waals surface area contributed by atoms with Crippen LogP contribution in [0.3, 0.4) is 0 Å². The molecule has 32 heavy (non-hydrogen) atoms. The van der Waals surface area contributed by atoms with E-state index in [9.17, 15) is 9.59 Å². The van der Waals surface area contributed by atoms with Gasteiger partial charge in [-0.3, -0.25) is 9.59 Å². The fraction of sp³-hybridized carbons (Fsp3) is 0.300. The lowest BCUT2D eigenvalue weighted by Gasteiger charge is -2.16. The van der Waals surface area contributed by atoms with Gasteiger partial charge in [-0.25, -0.2) is 15.0 Å². The Labute approximate surface area is 185 Å². The molecular formula is C20H26N8O4. The Morgan fingerprint density at radius 3 is 2.53 bits per heavy atom. The summed E-state index contributed by atoms with van der Waals surface area (Å²) in [5.41, 5.74) is 1.49. The van der Waals surface area contributed by atoms with Crippen LogP contribution >= 0.6 is 0 Å². The van der Waals surface area contributed by atoms with Crippen molar-refractivity contribution >= 4 is 29.4 Å². The molecule has 2 rings (SSSR count). The smallest absolute Gasteiger partial charge is 0.276 e. The summed E-state index contributed by atoms with van der Waals surface area (Å²) in [4.78, 5) is 37.6. The Kier molecular flexibility index (Phi) is 9.69. The van der Waals surface area contributed by atoms with E-state index in [1.54, 1.807) is 24.5 Å². The monoisotopic (exact) mass is 442 g/mol. The molecule has 0 unspecified atom stereocenters. The number of allylic oxidation sites excluding steroid dienone is 1. The van der Waals surface area contributed by atoms with Gasteiger partial charge in [0, 0.05) is 34.0 Å². The number of anilines is 2. The first-order valence-electron chi connectivity index (χ1n) is 9.55. The molecule has 0 saturated heterocycles. The minimum atomic E-state index is -0.629. The molecule has 0 bridgehead atoms. The number of ether oxygens (including phenoxy) is 2. The van der Waals surface area contributed by atoms with Crippen LogP contribution in [0.5, 0.6) is 0 Å². The number of likely N-dealkylation sites (N-methyl/N-ethyl adjacent to an activating group) is 1. The Morgan fingerprint density at radius 2 is 1.91 bits per heavy atom. The summed E-state index contributed by atoms with van der Waals surface area (Å²) >= 11 is 0. The number of methoxy groups -OCH3 is 2. The lowest BCUT2D eigenvalue weighted by atomic mass is 10.2. The lowest BCUT2D eigenvalue weighted by Crippen LogP contribution is -2.37. The number of hydrogen-bond acceptors (Lipinski definition) is 10. The van der Waals surface area contributed by atoms with Crippen LogP contribution in [0, 0.1) is 5.41 Å². The van der Waals surface area contributed by atoms with Gasteiger partial charge in [0.25, 0.3) is 11.8 Å². The van der Waals surface area contributed by atoms with E-state index < -0.39 is 11.8 Å². The third-order valence-electron chi connectivity index (χ3n) is 4.02. The largest absolute Gasteiger partial charge is 0.383 e. The van der Waals surface area contributed by atoms with Gasteiger partial charge in [-0.2, -0.15) is 0 Å². The molecule has 0 aliphatic carbocycles. The fourth-order valence-corrected chi connectivity index (χ4v) is 2.57. The second kappa shape index (κ2) is 12.7. The van der Waals surface area contributed by atoms with Crippen LogP contribution in [0.25, 0.3) is 0 Å². The van der Waals surface area contributed by atoms with Crippen molar-refractivity contribution < 1.29 is 19.1 Å². The zero-order valence-corrected chi connectivity index (χ0v) is 18.1. The van der Waals surface area contributed by atoms with Crippen LogP contribution in [-0.2, 0) is 20.9 Å². The lowest BCUT2D eigenvalue weighted by molar-refractivity contribution is -0.117. The van der Waals surface area contributed by atoms with Gasteiger partial charge in [-0.05, 0) is 12.1 Å². The molecule has 170 valence electrons. The van der Waals surface area contributed by atoms with Gasteiger partial charge in [0.2, 0.25) is 0 Å². The van der Waals surface area contributed by atoms with E-state index in [4.69, 9.17) is 14.9 Å². The molecule has 0 atom stereocenters. The Morgan fingerprint density at radius 1 is 1.16 bits per heavy atom. The predicted molar refractivity (Wildman–Crippen MR) is 117 cm³/mol. The summed E-state index contributed by atoms with van der Waals surface area (Å²) in [5.74, 6) is -1.13. The average molecular weight is 442 g/mol. The van der Waals surface area contributed by atoms with Gasteiger partial charge < -0.3 is 36.2 Å². The predicted octanol–water partition coefficient (Wildman–Crippen LogP) is 0.335. The van der Waals surface area contributed by atoms with Crippen molar-refractivity contribution in [3.63, 3.8) is 0 Å². The Bertz CT molecular complexity index is 965. The van der Waals surface area contributed by atoms with Crippen LogP contribution < -0.4 is 21.3 Å². The van der Waals surface area contributed by atoms with E-state index in [1.807, 2.05) is 0 Å². The van der Waals surface area contributed by atoms with Gasteiger partial charge in [-0.1, -0.05) is 0 Å². The first-order valence-corrected chi connectivity index (χ1v) is 9.55. The summed E-state index contributed by atoms with van der Waals surface area (Å²) in [5, 5.41) is 18.7. The summed E-state index contributed by atoms with van der Waals surface area (Å²) in [7, 11) is 4.49. The van der Waals surface area contributed by atoms with E-state index in [1.165, 1.54) is 27.6 Å². The quantitative estimate of drug-likeness (QED) is 0.177. The Balaban J connectivity index is 2.40. The zero-order chi connectivity index (χ0) is 23.3. The maximum absolute atomic E-state index is 13.1. The highest BCUT2D eigenvalue weighted by Gasteiger charge is 2.20. The normalized spacial score (nSPS) is 11.2. The zero-order valence-electron chi connectivity index (χ0n) is 18.1. The summed E-state index contributed by atoms with van der Waals surface area (Å²) in [6, 6.07) is 3.38. The minimum absolute atomic E-state index is 0.0203. The number of aromatic nitrogens is 3. The van der Waals surface area contributed by atoms with Gasteiger partial charge in [0.1, 0.15) is 12.0 Å². The molecule has 5 N–H and O–H groups in total. The standard InChI is InChI=1S/C20H26N8O4/c1-22-19(29)17(25-6-7-31-2)16(8-21)28-20(30)18-15(5-4-13(27-18)11-32-3)26-14-9-23-12-24-10-14/h4-5,8-10,12,21,25-26H,6-7,11H2,1-3H3,(H,22,29)(H,28,30)/b17-16+,21-8?. The molecular weight excluding hydrogens is 416 g/mol. The molecule has 0 aliphatic rings. The van der Waals surface area contributed by atoms with Crippen molar-refractivity contribution in [2.24, 2.45) is 0 Å². The number of hydrogen-bond donors (Lipinski definition) is 5. The molecule has 2 aromatic heterocycles. The number of amides is 2. The van der Waals surface area contributed by atoms with Gasteiger partial charge in [0.15, 0.2) is 5.69 Å². The topological polar surface area (TPSA) is 163 Å². The number of nitrogens with one attached hydrogen (secondary N) is 5. The second-order valence-electron chi connectivity index (χ2n) is 6.27. The van der Waals surface area contributed by atoms with E-state index in [0.717, 1.165) is 6.21 Å². The molecule has 0 saturated carbocycles. The number of rotatable bonds is 12. The minimum Gasteiger partial charge on any atom is -0.383 e. The third kappa shape index (κ3) is 6.82. The SMILES string of the molecule is CNC(=O)/C(NCCOC)=C(/C=N)NC(=O)c1nc(COC)ccc1Nc1cncnc1. The van der Waals surface area contributed by atoms with Crippen LogP contribution in [0.15, 0.2) is 42.2 Å². The highest BCUT2D eigenvalue weighted by Crippen LogP contribution is 2.20. The summed E-state index contributed by atoms with van der Waals surface area (Å²) < 4.78 is 10.1. The summed E-state index contributed by atoms with van der Waals surface area (Å²) in [6.45, 7) is 0.826. The van der Waals surface area contributed by atoms with Crippen molar-refractivity contribution in [3.05, 3.63) is 53.6 Å². The molecule has 12 nitrogen and oxygen atoms in total. The van der Waals surface area contributed by atoms with Gasteiger partial charge in [0.05, 0.1) is 48.4 Å². The van der Waals surface area contributed by atoms with Crippen molar-refractivity contribution in [3.8, 4) is 0 Å². The van der Waals surface area contributed by atoms with Crippen LogP contribution in [0.4, 0.5) is 11.4 Å². The molecule has 12 heteroatoms. The van der Waals surface area contributed by atoms with E-state index >= 15 is 0 Å². The third-order valence-corrected chi connectivity index (χ3v) is 4.02. The number of carbonyl (C=O) groups excluding carboxylic acids is 2. The second-order valence-corrected chi connectivity index (χ2v) is 6.27. The van der Waals surface area contributed by atoms with Crippen LogP contribution in [-0.4, -0.2) is 67.4 Å². The maximum atomic E-state index is 13.1. The molecule has 0 aliphatic heterocycles. The van der Waals surface area contributed by atoms with Crippen molar-refractivity contribution in [2.75, 3.05) is 39.7 Å². The molecule has 2 heterocycles. The average Bonchev–Trinajstić information content (AvgIpc) is 2.82. The number of nitrogens with zero attached hydrogens (tertiary/aromatic N) is 3. The molecule has 2 amide bonds. The van der Waals surface area contributed by atoms with Gasteiger partial charge in [-0.15, -0.1) is 0 Å². The van der Waals surface area contributed by atoms with Crippen LogP contribution in [0.2, 0.25) is 0 Å². The highest BCUT2D eigenvalue weighted by atomic mass is 16.5. The number of pyridine rings is 1. The molecule has 2 aromatic rings. The van der Waals surface area contributed by atoms with Crippen molar-refractivity contribution in [1.29, 1.82) is 5.41 Å². The van der Waals surface area contributed by atoms with E-state index in [0.29, 0.717) is 30.2 Å². The Hall–Kier alpha value is -3.90. The maximum Gasteiger partial charge on any atom is 0.276 e. The first kappa shape index (κ1) is 24.4. The van der Waals surface area contributed by atoms with Gasteiger partial charge >= 0.3 is 0 Å². The summed E-state index contributed by atoms with van der Waals surface area (Å²) in [6.07, 6.45) is 5.35. The number of carbonyl (C=O) groups is 2. The van der Waals surface area contributed by atoms with Crippen molar-refractivity contribution in [1.82, 2.24) is 30.9 Å². The molecule has 0 radical (unpaired) electrons. The van der Waals surface area contributed by atoms with Crippen molar-refractivity contribution in [2.45, 2.75) is 6.61 Å². The fourth-order valence-electron chi connectivity index (χ4n) is 2.57. The molecule has 0 aromatic carbocycles. The van der Waals surface area contributed by atoms with Crippen LogP contribution in [0.1, 0.15) is 16.2 Å². The van der Waals surface area contributed by atoms with E-state index in [2.05, 4.69) is 36.2 Å². The molecule has 0 fully saturated rings. The van der Waals surface area contributed by atoms with E-state index in [-0.39, 0.29) is 23.7 Å².